The van der Waals surface area contributed by atoms with Crippen LogP contribution in [0.3, 0.4) is 0 Å². The first-order valence-corrected chi connectivity index (χ1v) is 8.69. The number of aromatic nitrogens is 2. The highest BCUT2D eigenvalue weighted by molar-refractivity contribution is 7.98. The van der Waals surface area contributed by atoms with Gasteiger partial charge in [-0.15, -0.1) is 16.9 Å². The summed E-state index contributed by atoms with van der Waals surface area (Å²) in [6.07, 6.45) is 2.00. The van der Waals surface area contributed by atoms with Crippen LogP contribution in [0.5, 0.6) is 0 Å². The van der Waals surface area contributed by atoms with E-state index in [4.69, 9.17) is 4.42 Å². The standard InChI is InChI=1S/C18H15N3O3S/c1-11(22)12-3-5-13(6-4-12)16(23)19-18-21-20-17(24-18)14-7-9-15(25-2)10-8-14/h3-10H,1-2H3,(H,19,21,23). The summed E-state index contributed by atoms with van der Waals surface area (Å²) in [7, 11) is 0. The van der Waals surface area contributed by atoms with E-state index in [-0.39, 0.29) is 17.7 Å². The van der Waals surface area contributed by atoms with Crippen molar-refractivity contribution in [1.29, 1.82) is 0 Å². The zero-order valence-corrected chi connectivity index (χ0v) is 14.5. The molecule has 126 valence electrons. The minimum atomic E-state index is -0.386. The number of hydrogen-bond donors (Lipinski definition) is 1. The minimum absolute atomic E-state index is 0.0181. The van der Waals surface area contributed by atoms with Gasteiger partial charge in [-0.05, 0) is 49.6 Å². The monoisotopic (exact) mass is 353 g/mol. The first kappa shape index (κ1) is 16.9. The predicted molar refractivity (Wildman–Crippen MR) is 95.9 cm³/mol. The van der Waals surface area contributed by atoms with Crippen LogP contribution >= 0.6 is 11.8 Å². The van der Waals surface area contributed by atoms with Crippen molar-refractivity contribution in [2.24, 2.45) is 0 Å². The fourth-order valence-corrected chi connectivity index (χ4v) is 2.56. The van der Waals surface area contributed by atoms with Crippen molar-refractivity contribution in [3.05, 3.63) is 59.7 Å². The molecule has 1 N–H and O–H groups in total. The number of benzene rings is 2. The van der Waals surface area contributed by atoms with Gasteiger partial charge in [0.1, 0.15) is 0 Å². The average molecular weight is 353 g/mol. The molecule has 0 atom stereocenters. The number of anilines is 1. The molecule has 0 aliphatic rings. The molecule has 0 saturated heterocycles. The van der Waals surface area contributed by atoms with Gasteiger partial charge in [0.15, 0.2) is 5.78 Å². The largest absolute Gasteiger partial charge is 0.403 e. The molecule has 0 radical (unpaired) electrons. The highest BCUT2D eigenvalue weighted by Crippen LogP contribution is 2.23. The molecule has 3 aromatic rings. The predicted octanol–water partition coefficient (Wildman–Crippen LogP) is 3.91. The van der Waals surface area contributed by atoms with Crippen LogP contribution in [-0.4, -0.2) is 28.1 Å². The third-order valence-electron chi connectivity index (χ3n) is 3.54. The molecule has 0 unspecified atom stereocenters. The number of hydrogen-bond acceptors (Lipinski definition) is 6. The van der Waals surface area contributed by atoms with E-state index < -0.39 is 0 Å². The zero-order chi connectivity index (χ0) is 17.8. The summed E-state index contributed by atoms with van der Waals surface area (Å²) in [5.41, 5.74) is 1.72. The van der Waals surface area contributed by atoms with Gasteiger partial charge in [-0.3, -0.25) is 14.9 Å². The maximum atomic E-state index is 12.2. The Morgan fingerprint density at radius 3 is 2.20 bits per heavy atom. The van der Waals surface area contributed by atoms with E-state index in [1.165, 1.54) is 6.92 Å². The van der Waals surface area contributed by atoms with Crippen LogP contribution in [0.25, 0.3) is 11.5 Å². The number of thioether (sulfide) groups is 1. The number of carbonyl (C=O) groups is 2. The molecular formula is C18H15N3O3S. The molecule has 0 saturated carbocycles. The summed E-state index contributed by atoms with van der Waals surface area (Å²) in [6.45, 7) is 1.47. The van der Waals surface area contributed by atoms with Crippen LogP contribution in [0, 0.1) is 0 Å². The first-order valence-electron chi connectivity index (χ1n) is 7.47. The number of rotatable bonds is 5. The van der Waals surface area contributed by atoms with Crippen molar-refractivity contribution < 1.29 is 14.0 Å². The Kier molecular flexibility index (Phi) is 4.95. The number of nitrogens with zero attached hydrogens (tertiary/aromatic N) is 2. The number of Topliss-reactive ketones (excluding diaryl/α,β-unsaturated/α-hetero) is 1. The third-order valence-corrected chi connectivity index (χ3v) is 4.28. The first-order chi connectivity index (χ1) is 12.1. The van der Waals surface area contributed by atoms with Crippen molar-refractivity contribution in [3.63, 3.8) is 0 Å². The molecule has 0 fully saturated rings. The van der Waals surface area contributed by atoms with Crippen molar-refractivity contribution >= 4 is 29.5 Å². The topological polar surface area (TPSA) is 85.1 Å². The second-order valence-electron chi connectivity index (χ2n) is 5.23. The zero-order valence-electron chi connectivity index (χ0n) is 13.6. The minimum Gasteiger partial charge on any atom is -0.403 e. The smallest absolute Gasteiger partial charge is 0.322 e. The number of nitrogens with one attached hydrogen (secondary N) is 1. The van der Waals surface area contributed by atoms with Gasteiger partial charge >= 0.3 is 6.01 Å². The summed E-state index contributed by atoms with van der Waals surface area (Å²) in [4.78, 5) is 24.6. The van der Waals surface area contributed by atoms with Crippen LogP contribution in [0.4, 0.5) is 6.01 Å². The van der Waals surface area contributed by atoms with E-state index in [0.717, 1.165) is 10.5 Å². The molecule has 0 bridgehead atoms. The Morgan fingerprint density at radius 1 is 0.960 bits per heavy atom. The van der Waals surface area contributed by atoms with Crippen LogP contribution in [0.2, 0.25) is 0 Å². The van der Waals surface area contributed by atoms with E-state index in [1.807, 2.05) is 30.5 Å². The Labute approximate surface area is 148 Å². The lowest BCUT2D eigenvalue weighted by Gasteiger charge is -2.01. The highest BCUT2D eigenvalue weighted by atomic mass is 32.2. The molecular weight excluding hydrogens is 338 g/mol. The van der Waals surface area contributed by atoms with Crippen LogP contribution < -0.4 is 5.32 Å². The lowest BCUT2D eigenvalue weighted by Crippen LogP contribution is -2.12. The molecule has 3 rings (SSSR count). The van der Waals surface area contributed by atoms with Gasteiger partial charge in [0.25, 0.3) is 5.91 Å². The molecule has 0 aliphatic carbocycles. The maximum absolute atomic E-state index is 12.2. The Hall–Kier alpha value is -2.93. The van der Waals surface area contributed by atoms with Gasteiger partial charge in [-0.1, -0.05) is 17.2 Å². The Morgan fingerprint density at radius 2 is 1.60 bits per heavy atom. The Bertz CT molecular complexity index is 902. The molecule has 1 aromatic heterocycles. The third kappa shape index (κ3) is 3.95. The van der Waals surface area contributed by atoms with Gasteiger partial charge in [0, 0.05) is 21.6 Å². The molecule has 0 aliphatic heterocycles. The lowest BCUT2D eigenvalue weighted by atomic mass is 10.1. The van der Waals surface area contributed by atoms with Crippen molar-refractivity contribution in [1.82, 2.24) is 10.2 Å². The van der Waals surface area contributed by atoms with E-state index >= 15 is 0 Å². The van der Waals surface area contributed by atoms with Crippen LogP contribution in [-0.2, 0) is 0 Å². The molecule has 0 spiro atoms. The summed E-state index contributed by atoms with van der Waals surface area (Å²) in [5.74, 6) is -0.112. The second-order valence-corrected chi connectivity index (χ2v) is 6.11. The van der Waals surface area contributed by atoms with E-state index in [1.54, 1.807) is 36.0 Å². The molecule has 7 heteroatoms. The van der Waals surface area contributed by atoms with Gasteiger partial charge in [-0.2, -0.15) is 0 Å². The fraction of sp³-hybridized carbons (Fsp3) is 0.111. The lowest BCUT2D eigenvalue weighted by molar-refractivity contribution is 0.100. The quantitative estimate of drug-likeness (QED) is 0.553. The van der Waals surface area contributed by atoms with E-state index in [2.05, 4.69) is 15.5 Å². The van der Waals surface area contributed by atoms with Crippen LogP contribution in [0.1, 0.15) is 27.6 Å². The number of ketones is 1. The van der Waals surface area contributed by atoms with Crippen molar-refractivity contribution in [3.8, 4) is 11.5 Å². The molecule has 25 heavy (non-hydrogen) atoms. The highest BCUT2D eigenvalue weighted by Gasteiger charge is 2.13. The SMILES string of the molecule is CSc1ccc(-c2nnc(NC(=O)c3ccc(C(C)=O)cc3)o2)cc1. The number of amides is 1. The molecule has 1 heterocycles. The van der Waals surface area contributed by atoms with Gasteiger partial charge in [0.05, 0.1) is 0 Å². The van der Waals surface area contributed by atoms with Crippen molar-refractivity contribution in [2.75, 3.05) is 11.6 Å². The summed E-state index contributed by atoms with van der Waals surface area (Å²) < 4.78 is 5.48. The van der Waals surface area contributed by atoms with E-state index in [0.29, 0.717) is 17.0 Å². The molecule has 1 amide bonds. The average Bonchev–Trinajstić information content (AvgIpc) is 3.10. The van der Waals surface area contributed by atoms with Gasteiger partial charge < -0.3 is 4.42 Å². The number of carbonyl (C=O) groups excluding carboxylic acids is 2. The Balaban J connectivity index is 1.71. The van der Waals surface area contributed by atoms with Crippen molar-refractivity contribution in [2.45, 2.75) is 11.8 Å². The molecule has 6 nitrogen and oxygen atoms in total. The molecule has 2 aromatic carbocycles. The normalized spacial score (nSPS) is 10.5. The summed E-state index contributed by atoms with van der Waals surface area (Å²) in [6, 6.07) is 14.0. The second kappa shape index (κ2) is 7.31. The van der Waals surface area contributed by atoms with E-state index in [9.17, 15) is 9.59 Å². The maximum Gasteiger partial charge on any atom is 0.322 e. The van der Waals surface area contributed by atoms with Crippen LogP contribution in [0.15, 0.2) is 57.8 Å². The summed E-state index contributed by atoms with van der Waals surface area (Å²) in [5, 5.41) is 10.3. The summed E-state index contributed by atoms with van der Waals surface area (Å²) >= 11 is 1.64. The van der Waals surface area contributed by atoms with Gasteiger partial charge in [-0.25, -0.2) is 0 Å². The van der Waals surface area contributed by atoms with Gasteiger partial charge in [0.2, 0.25) is 5.89 Å². The fourth-order valence-electron chi connectivity index (χ4n) is 2.15.